The minimum Gasteiger partial charge on any atom is -0.496 e. The molecule has 1 saturated heterocycles. The summed E-state index contributed by atoms with van der Waals surface area (Å²) in [6.45, 7) is 2.07. The summed E-state index contributed by atoms with van der Waals surface area (Å²) in [5, 5.41) is 11.9. The highest BCUT2D eigenvalue weighted by molar-refractivity contribution is 5.86. The quantitative estimate of drug-likeness (QED) is 0.915. The predicted molar refractivity (Wildman–Crippen MR) is 101 cm³/mol. The summed E-state index contributed by atoms with van der Waals surface area (Å²) in [7, 11) is 1.68. The second-order valence-electron chi connectivity index (χ2n) is 7.79. The monoisotopic (exact) mass is 356 g/mol. The minimum atomic E-state index is -0.526. The van der Waals surface area contributed by atoms with Crippen LogP contribution in [0.4, 0.5) is 0 Å². The number of amides is 1. The molecule has 0 spiro atoms. The number of ether oxygens (including phenoxy) is 1. The average Bonchev–Trinajstić information content (AvgIpc) is 3.08. The lowest BCUT2D eigenvalue weighted by Gasteiger charge is -2.47. The zero-order valence-electron chi connectivity index (χ0n) is 15.5. The fourth-order valence-electron chi connectivity index (χ4n) is 4.74. The van der Waals surface area contributed by atoms with Crippen molar-refractivity contribution < 1.29 is 14.6 Å². The van der Waals surface area contributed by atoms with Crippen LogP contribution in [-0.2, 0) is 11.3 Å². The highest BCUT2D eigenvalue weighted by Gasteiger charge is 2.43. The van der Waals surface area contributed by atoms with Crippen LogP contribution < -0.4 is 4.74 Å². The normalized spacial score (nSPS) is 25.9. The Hall–Kier alpha value is -2.01. The summed E-state index contributed by atoms with van der Waals surface area (Å²) < 4.78 is 7.53. The molecule has 26 heavy (non-hydrogen) atoms. The van der Waals surface area contributed by atoms with Gasteiger partial charge in [0.2, 0.25) is 5.91 Å². The number of rotatable bonds is 4. The van der Waals surface area contributed by atoms with Gasteiger partial charge < -0.3 is 19.3 Å². The molecule has 140 valence electrons. The molecule has 1 aliphatic carbocycles. The van der Waals surface area contributed by atoms with Gasteiger partial charge >= 0.3 is 0 Å². The first-order chi connectivity index (χ1) is 12.6. The van der Waals surface area contributed by atoms with E-state index in [0.29, 0.717) is 19.5 Å². The number of benzene rings is 1. The van der Waals surface area contributed by atoms with Gasteiger partial charge in [0.25, 0.3) is 0 Å². The molecule has 1 N–H and O–H groups in total. The first-order valence-electron chi connectivity index (χ1n) is 9.73. The summed E-state index contributed by atoms with van der Waals surface area (Å²) in [4.78, 5) is 14.7. The van der Waals surface area contributed by atoms with Crippen LogP contribution in [0, 0.1) is 5.92 Å². The van der Waals surface area contributed by atoms with Gasteiger partial charge in [-0.1, -0.05) is 18.9 Å². The Labute approximate surface area is 154 Å². The fraction of sp³-hybridized carbons (Fsp3) is 0.571. The summed E-state index contributed by atoms with van der Waals surface area (Å²) in [6.07, 6.45) is 7.48. The van der Waals surface area contributed by atoms with E-state index >= 15 is 0 Å². The van der Waals surface area contributed by atoms with Crippen LogP contribution in [0.1, 0.15) is 38.5 Å². The Morgan fingerprint density at radius 2 is 2.19 bits per heavy atom. The molecular weight excluding hydrogens is 328 g/mol. The molecule has 1 aromatic carbocycles. The van der Waals surface area contributed by atoms with E-state index in [1.54, 1.807) is 7.11 Å². The van der Waals surface area contributed by atoms with Crippen molar-refractivity contribution in [1.82, 2.24) is 9.47 Å². The Bertz CT molecular complexity index is 800. The molecular formula is C21H28N2O3. The smallest absolute Gasteiger partial charge is 0.224 e. The molecule has 0 unspecified atom stereocenters. The minimum absolute atomic E-state index is 0.197. The maximum Gasteiger partial charge on any atom is 0.224 e. The first kappa shape index (κ1) is 17.4. The van der Waals surface area contributed by atoms with Crippen molar-refractivity contribution in [3.05, 3.63) is 30.5 Å². The fourth-order valence-corrected chi connectivity index (χ4v) is 4.74. The number of carbonyl (C=O) groups is 1. The van der Waals surface area contributed by atoms with Gasteiger partial charge in [-0.3, -0.25) is 4.79 Å². The van der Waals surface area contributed by atoms with Crippen LogP contribution in [-0.4, -0.2) is 46.3 Å². The summed E-state index contributed by atoms with van der Waals surface area (Å²) in [5.41, 5.74) is 0.569. The van der Waals surface area contributed by atoms with Crippen molar-refractivity contribution in [1.29, 1.82) is 0 Å². The number of likely N-dealkylation sites (tertiary alicyclic amines) is 1. The lowest BCUT2D eigenvalue weighted by Crippen LogP contribution is -2.54. The van der Waals surface area contributed by atoms with Gasteiger partial charge in [-0.25, -0.2) is 0 Å². The molecule has 4 rings (SSSR count). The maximum absolute atomic E-state index is 12.7. The largest absolute Gasteiger partial charge is 0.496 e. The van der Waals surface area contributed by atoms with E-state index in [4.69, 9.17) is 4.74 Å². The van der Waals surface area contributed by atoms with Crippen molar-refractivity contribution in [3.63, 3.8) is 0 Å². The van der Waals surface area contributed by atoms with Crippen LogP contribution in [0.2, 0.25) is 0 Å². The number of hydrogen-bond acceptors (Lipinski definition) is 3. The second kappa shape index (κ2) is 6.95. The SMILES string of the molecule is COc1cccc2c1ccn2CCC(=O)N1CC[C@]2(O)CCCC[C@@H]2C1. The lowest BCUT2D eigenvalue weighted by atomic mass is 9.71. The van der Waals surface area contributed by atoms with Crippen LogP contribution in [0.5, 0.6) is 5.75 Å². The van der Waals surface area contributed by atoms with Gasteiger partial charge in [0.05, 0.1) is 18.2 Å². The van der Waals surface area contributed by atoms with Crippen molar-refractivity contribution >= 4 is 16.8 Å². The first-order valence-corrected chi connectivity index (χ1v) is 9.73. The Morgan fingerprint density at radius 3 is 3.04 bits per heavy atom. The van der Waals surface area contributed by atoms with E-state index in [9.17, 15) is 9.90 Å². The molecule has 1 saturated carbocycles. The van der Waals surface area contributed by atoms with Crippen molar-refractivity contribution in [2.45, 2.75) is 50.7 Å². The Balaban J connectivity index is 1.40. The van der Waals surface area contributed by atoms with Crippen LogP contribution in [0.3, 0.4) is 0 Å². The number of piperidine rings is 1. The van der Waals surface area contributed by atoms with Crippen LogP contribution in [0.25, 0.3) is 10.9 Å². The number of hydrogen-bond donors (Lipinski definition) is 1. The number of methoxy groups -OCH3 is 1. The number of fused-ring (bicyclic) bond motifs is 2. The molecule has 2 atom stereocenters. The molecule has 5 heteroatoms. The zero-order valence-corrected chi connectivity index (χ0v) is 15.5. The van der Waals surface area contributed by atoms with Gasteiger partial charge in [0.15, 0.2) is 0 Å². The van der Waals surface area contributed by atoms with Crippen molar-refractivity contribution in [2.24, 2.45) is 5.92 Å². The van der Waals surface area contributed by atoms with Gasteiger partial charge in [-0.05, 0) is 37.5 Å². The van der Waals surface area contributed by atoms with Gasteiger partial charge in [-0.15, -0.1) is 0 Å². The molecule has 5 nitrogen and oxygen atoms in total. The predicted octanol–water partition coefficient (Wildman–Crippen LogP) is 3.19. The molecule has 0 radical (unpaired) electrons. The number of aromatic nitrogens is 1. The third kappa shape index (κ3) is 3.09. The van der Waals surface area contributed by atoms with Crippen LogP contribution >= 0.6 is 0 Å². The maximum atomic E-state index is 12.7. The van der Waals surface area contributed by atoms with E-state index in [-0.39, 0.29) is 11.8 Å². The average molecular weight is 356 g/mol. The molecule has 1 amide bonds. The molecule has 0 bridgehead atoms. The molecule has 2 aromatic rings. The lowest BCUT2D eigenvalue weighted by molar-refractivity contribution is -0.143. The number of aliphatic hydroxyl groups is 1. The second-order valence-corrected chi connectivity index (χ2v) is 7.79. The Kier molecular flexibility index (Phi) is 4.65. The van der Waals surface area contributed by atoms with E-state index < -0.39 is 5.60 Å². The third-order valence-corrected chi connectivity index (χ3v) is 6.34. The highest BCUT2D eigenvalue weighted by Crippen LogP contribution is 2.39. The van der Waals surface area contributed by atoms with Gasteiger partial charge in [0, 0.05) is 43.6 Å². The summed E-state index contributed by atoms with van der Waals surface area (Å²) >= 11 is 0. The van der Waals surface area contributed by atoms with Gasteiger partial charge in [-0.2, -0.15) is 0 Å². The third-order valence-electron chi connectivity index (χ3n) is 6.34. The van der Waals surface area contributed by atoms with Gasteiger partial charge in [0.1, 0.15) is 5.75 Å². The summed E-state index contributed by atoms with van der Waals surface area (Å²) in [6, 6.07) is 8.04. The summed E-state index contributed by atoms with van der Waals surface area (Å²) in [5.74, 6) is 1.31. The highest BCUT2D eigenvalue weighted by atomic mass is 16.5. The van der Waals surface area contributed by atoms with Crippen molar-refractivity contribution in [3.8, 4) is 5.75 Å². The number of aryl methyl sites for hydroxylation is 1. The van der Waals surface area contributed by atoms with E-state index in [1.165, 1.54) is 6.42 Å². The molecule has 2 fully saturated rings. The van der Waals surface area contributed by atoms with E-state index in [0.717, 1.165) is 48.9 Å². The number of nitrogens with zero attached hydrogens (tertiary/aromatic N) is 2. The molecule has 2 heterocycles. The van der Waals surface area contributed by atoms with Crippen LogP contribution in [0.15, 0.2) is 30.5 Å². The molecule has 1 aliphatic heterocycles. The topological polar surface area (TPSA) is 54.7 Å². The standard InChI is InChI=1S/C21H28N2O3/c1-26-19-7-4-6-18-17(19)8-12-22(18)13-9-20(24)23-14-11-21(25)10-3-2-5-16(21)15-23/h4,6-8,12,16,25H,2-3,5,9-11,13-15H2,1H3/t16-,21-/m1/s1. The Morgan fingerprint density at radius 1 is 1.31 bits per heavy atom. The van der Waals surface area contributed by atoms with E-state index in [2.05, 4.69) is 10.6 Å². The van der Waals surface area contributed by atoms with Crippen molar-refractivity contribution in [2.75, 3.05) is 20.2 Å². The zero-order chi connectivity index (χ0) is 18.1. The molecule has 1 aromatic heterocycles. The molecule has 2 aliphatic rings. The van der Waals surface area contributed by atoms with E-state index in [1.807, 2.05) is 29.3 Å². The number of carbonyl (C=O) groups excluding carboxylic acids is 1.